The van der Waals surface area contributed by atoms with E-state index in [1.165, 1.54) is 11.8 Å². The second kappa shape index (κ2) is 5.50. The Morgan fingerprint density at radius 3 is 2.80 bits per heavy atom. The summed E-state index contributed by atoms with van der Waals surface area (Å²) in [4.78, 5) is 4.20. The molecule has 0 unspecified atom stereocenters. The van der Waals surface area contributed by atoms with Crippen LogP contribution >= 0.6 is 11.8 Å². The van der Waals surface area contributed by atoms with Gasteiger partial charge in [-0.15, -0.1) is 5.10 Å². The van der Waals surface area contributed by atoms with Crippen molar-refractivity contribution in [3.05, 3.63) is 54.2 Å². The van der Waals surface area contributed by atoms with E-state index < -0.39 is 0 Å². The Kier molecular flexibility index (Phi) is 3.39. The maximum Gasteiger partial charge on any atom is 0.220 e. The number of hydrogen-bond donors (Lipinski definition) is 0. The van der Waals surface area contributed by atoms with Crippen molar-refractivity contribution in [1.29, 1.82) is 5.26 Å². The van der Waals surface area contributed by atoms with Crippen LogP contribution in [0, 0.1) is 11.3 Å². The fourth-order valence-corrected chi connectivity index (χ4v) is 2.39. The Balaban J connectivity index is 1.93. The molecule has 6 nitrogen and oxygen atoms in total. The van der Waals surface area contributed by atoms with Crippen molar-refractivity contribution < 1.29 is 0 Å². The lowest BCUT2D eigenvalue weighted by Crippen LogP contribution is -1.98. The normalized spacial score (nSPS) is 10.2. The van der Waals surface area contributed by atoms with Crippen molar-refractivity contribution >= 4 is 11.8 Å². The van der Waals surface area contributed by atoms with E-state index in [2.05, 4.69) is 26.6 Å². The highest BCUT2D eigenvalue weighted by molar-refractivity contribution is 7.99. The van der Waals surface area contributed by atoms with Gasteiger partial charge in [-0.2, -0.15) is 9.94 Å². The van der Waals surface area contributed by atoms with Gasteiger partial charge in [-0.3, -0.25) is 0 Å². The monoisotopic (exact) mass is 280 g/mol. The summed E-state index contributed by atoms with van der Waals surface area (Å²) < 4.78 is 1.63. The van der Waals surface area contributed by atoms with Gasteiger partial charge in [0.05, 0.1) is 17.3 Å². The van der Waals surface area contributed by atoms with E-state index in [0.29, 0.717) is 15.7 Å². The molecule has 0 amide bonds. The van der Waals surface area contributed by atoms with E-state index in [0.717, 1.165) is 5.69 Å². The van der Waals surface area contributed by atoms with Gasteiger partial charge in [0.25, 0.3) is 0 Å². The third-order valence-electron chi connectivity index (χ3n) is 2.50. The Morgan fingerprint density at radius 2 is 2.00 bits per heavy atom. The molecule has 20 heavy (non-hydrogen) atoms. The largest absolute Gasteiger partial charge is 0.249 e. The molecule has 0 aliphatic heterocycles. The topological polar surface area (TPSA) is 80.3 Å². The van der Waals surface area contributed by atoms with E-state index in [-0.39, 0.29) is 0 Å². The van der Waals surface area contributed by atoms with Gasteiger partial charge in [0.2, 0.25) is 5.16 Å². The minimum atomic E-state index is 0.557. The molecule has 0 saturated heterocycles. The molecule has 0 aliphatic rings. The summed E-state index contributed by atoms with van der Waals surface area (Å²) in [6, 6.07) is 15.0. The van der Waals surface area contributed by atoms with Gasteiger partial charge in [0.1, 0.15) is 5.03 Å². The van der Waals surface area contributed by atoms with Gasteiger partial charge >= 0.3 is 0 Å². The summed E-state index contributed by atoms with van der Waals surface area (Å²) >= 11 is 1.31. The van der Waals surface area contributed by atoms with E-state index in [9.17, 15) is 0 Å². The third-order valence-corrected chi connectivity index (χ3v) is 3.37. The minimum Gasteiger partial charge on any atom is -0.249 e. The number of pyridine rings is 1. The summed E-state index contributed by atoms with van der Waals surface area (Å²) in [7, 11) is 0. The molecule has 0 N–H and O–H groups in total. The van der Waals surface area contributed by atoms with E-state index in [1.54, 1.807) is 23.0 Å². The quantitative estimate of drug-likeness (QED) is 0.730. The van der Waals surface area contributed by atoms with Gasteiger partial charge in [-0.25, -0.2) is 4.98 Å². The molecule has 0 atom stereocenters. The fraction of sp³-hybridized carbons (Fsp3) is 0. The number of nitriles is 1. The zero-order valence-corrected chi connectivity index (χ0v) is 11.0. The number of tetrazole rings is 1. The van der Waals surface area contributed by atoms with Crippen LogP contribution in [0.5, 0.6) is 0 Å². The molecular formula is C13H8N6S. The fourth-order valence-electron chi connectivity index (χ4n) is 1.60. The molecule has 2 heterocycles. The Morgan fingerprint density at radius 1 is 1.15 bits per heavy atom. The third kappa shape index (κ3) is 2.50. The van der Waals surface area contributed by atoms with Crippen LogP contribution in [0.2, 0.25) is 0 Å². The molecule has 7 heteroatoms. The molecule has 1 aromatic carbocycles. The lowest BCUT2D eigenvalue weighted by Gasteiger charge is -2.03. The molecule has 3 aromatic rings. The lowest BCUT2D eigenvalue weighted by molar-refractivity contribution is 0.756. The highest BCUT2D eigenvalue weighted by atomic mass is 32.2. The number of benzene rings is 1. The molecule has 96 valence electrons. The smallest absolute Gasteiger partial charge is 0.220 e. The van der Waals surface area contributed by atoms with Crippen molar-refractivity contribution in [1.82, 2.24) is 25.2 Å². The van der Waals surface area contributed by atoms with Crippen LogP contribution < -0.4 is 0 Å². The van der Waals surface area contributed by atoms with Gasteiger partial charge in [-0.05, 0) is 46.5 Å². The highest BCUT2D eigenvalue weighted by Gasteiger charge is 2.10. The predicted molar refractivity (Wildman–Crippen MR) is 72.2 cm³/mol. The van der Waals surface area contributed by atoms with Crippen LogP contribution in [-0.4, -0.2) is 25.2 Å². The van der Waals surface area contributed by atoms with Crippen LogP contribution in [0.25, 0.3) is 5.69 Å². The summed E-state index contributed by atoms with van der Waals surface area (Å²) in [6.45, 7) is 0. The number of nitrogens with zero attached hydrogens (tertiary/aromatic N) is 6. The van der Waals surface area contributed by atoms with Crippen molar-refractivity contribution in [3.63, 3.8) is 0 Å². The van der Waals surface area contributed by atoms with E-state index >= 15 is 0 Å². The molecule has 0 fully saturated rings. The first-order valence-corrected chi connectivity index (χ1v) is 6.56. The molecule has 0 bridgehead atoms. The van der Waals surface area contributed by atoms with Gasteiger partial charge in [0, 0.05) is 6.20 Å². The van der Waals surface area contributed by atoms with E-state index in [1.807, 2.05) is 30.3 Å². The average Bonchev–Trinajstić information content (AvgIpc) is 2.96. The zero-order valence-electron chi connectivity index (χ0n) is 10.2. The molecule has 0 radical (unpaired) electrons. The number of hydrogen-bond acceptors (Lipinski definition) is 6. The first kappa shape index (κ1) is 12.3. The average molecular weight is 280 g/mol. The maximum absolute atomic E-state index is 8.89. The summed E-state index contributed by atoms with van der Waals surface area (Å²) in [5, 5.41) is 21.8. The van der Waals surface area contributed by atoms with Crippen molar-refractivity contribution in [2.75, 3.05) is 0 Å². The highest BCUT2D eigenvalue weighted by Crippen LogP contribution is 2.25. The second-order valence-corrected chi connectivity index (χ2v) is 4.79. The molecule has 0 aliphatic carbocycles. The molecular weight excluding hydrogens is 272 g/mol. The standard InChI is InChI=1S/C13H8N6S/c14-9-10-6-7-15-12(8-10)20-13-16-17-18-19(13)11-4-2-1-3-5-11/h1-8H. The molecule has 0 spiro atoms. The van der Waals surface area contributed by atoms with Crippen LogP contribution in [-0.2, 0) is 0 Å². The molecule has 3 rings (SSSR count). The Labute approximate surface area is 119 Å². The zero-order chi connectivity index (χ0) is 13.8. The van der Waals surface area contributed by atoms with Crippen molar-refractivity contribution in [2.24, 2.45) is 0 Å². The van der Waals surface area contributed by atoms with Gasteiger partial charge in [-0.1, -0.05) is 18.2 Å². The maximum atomic E-state index is 8.89. The number of para-hydroxylation sites is 1. The van der Waals surface area contributed by atoms with Crippen LogP contribution in [0.15, 0.2) is 58.8 Å². The molecule has 0 saturated carbocycles. The lowest BCUT2D eigenvalue weighted by atomic mass is 10.3. The predicted octanol–water partition coefficient (Wildman–Crippen LogP) is 2.08. The minimum absolute atomic E-state index is 0.557. The summed E-state index contributed by atoms with van der Waals surface area (Å²) in [5.74, 6) is 0. The first-order valence-electron chi connectivity index (χ1n) is 5.74. The number of rotatable bonds is 3. The second-order valence-electron chi connectivity index (χ2n) is 3.81. The van der Waals surface area contributed by atoms with Crippen molar-refractivity contribution in [3.8, 4) is 11.8 Å². The van der Waals surface area contributed by atoms with Crippen molar-refractivity contribution in [2.45, 2.75) is 10.2 Å². The van der Waals surface area contributed by atoms with Crippen LogP contribution in [0.4, 0.5) is 0 Å². The Bertz CT molecular complexity index is 762. The number of aromatic nitrogens is 5. The first-order chi connectivity index (χ1) is 9.86. The SMILES string of the molecule is N#Cc1ccnc(Sc2nnnn2-c2ccccc2)c1. The summed E-state index contributed by atoms with van der Waals surface area (Å²) in [5.41, 5.74) is 1.43. The molecule has 2 aromatic heterocycles. The van der Waals surface area contributed by atoms with Crippen LogP contribution in [0.1, 0.15) is 5.56 Å². The Hall–Kier alpha value is -2.72. The summed E-state index contributed by atoms with van der Waals surface area (Å²) in [6.07, 6.45) is 1.59. The van der Waals surface area contributed by atoms with E-state index in [4.69, 9.17) is 5.26 Å². The van der Waals surface area contributed by atoms with Gasteiger partial charge < -0.3 is 0 Å². The van der Waals surface area contributed by atoms with Crippen LogP contribution in [0.3, 0.4) is 0 Å². The van der Waals surface area contributed by atoms with Gasteiger partial charge in [0.15, 0.2) is 0 Å².